The van der Waals surface area contributed by atoms with E-state index in [0.29, 0.717) is 12.5 Å². The number of aromatic nitrogens is 2. The first-order valence-electron chi connectivity index (χ1n) is 5.72. The van der Waals surface area contributed by atoms with Crippen LogP contribution in [0.15, 0.2) is 41.1 Å². The van der Waals surface area contributed by atoms with Gasteiger partial charge in [-0.15, -0.1) is 0 Å². The molecule has 0 saturated heterocycles. The molecule has 0 aliphatic heterocycles. The van der Waals surface area contributed by atoms with Gasteiger partial charge in [-0.05, 0) is 24.6 Å². The highest BCUT2D eigenvalue weighted by Gasteiger charge is 2.01. The van der Waals surface area contributed by atoms with E-state index in [1.807, 2.05) is 31.2 Å². The fourth-order valence-corrected chi connectivity index (χ4v) is 1.73. The first kappa shape index (κ1) is 13.0. The Labute approximate surface area is 115 Å². The normalized spacial score (nSPS) is 12.2. The van der Waals surface area contributed by atoms with E-state index in [4.69, 9.17) is 5.73 Å². The smallest absolute Gasteiger partial charge is 0.222 e. The molecule has 1 aromatic heterocycles. The van der Waals surface area contributed by atoms with E-state index in [2.05, 4.69) is 31.2 Å². The van der Waals surface area contributed by atoms with Gasteiger partial charge < -0.3 is 11.1 Å². The van der Waals surface area contributed by atoms with Gasteiger partial charge in [-0.2, -0.15) is 0 Å². The van der Waals surface area contributed by atoms with Gasteiger partial charge in [-0.3, -0.25) is 0 Å². The molecule has 18 heavy (non-hydrogen) atoms. The van der Waals surface area contributed by atoms with Gasteiger partial charge in [-0.25, -0.2) is 9.97 Å². The largest absolute Gasteiger partial charge is 0.353 e. The van der Waals surface area contributed by atoms with E-state index in [1.165, 1.54) is 0 Å². The minimum Gasteiger partial charge on any atom is -0.353 e. The molecule has 1 unspecified atom stereocenters. The Morgan fingerprint density at radius 2 is 1.78 bits per heavy atom. The van der Waals surface area contributed by atoms with E-state index < -0.39 is 0 Å². The molecular weight excluding hydrogens is 292 g/mol. The molecule has 3 N–H and O–H groups in total. The molecular formula is C13H15BrN4. The Morgan fingerprint density at radius 3 is 2.33 bits per heavy atom. The van der Waals surface area contributed by atoms with Crippen LogP contribution >= 0.6 is 15.9 Å². The van der Waals surface area contributed by atoms with Crippen molar-refractivity contribution >= 4 is 21.9 Å². The maximum Gasteiger partial charge on any atom is 0.222 e. The molecule has 4 nitrogen and oxygen atoms in total. The Hall–Kier alpha value is -1.46. The molecule has 1 heterocycles. The number of nitrogens with one attached hydrogen (secondary N) is 1. The molecule has 0 bridgehead atoms. The van der Waals surface area contributed by atoms with Crippen LogP contribution in [-0.4, -0.2) is 22.6 Å². The SMILES string of the molecule is CC(N)CNc1ncc(-c2ccc(Br)cc2)cn1. The van der Waals surface area contributed by atoms with E-state index in [9.17, 15) is 0 Å². The van der Waals surface area contributed by atoms with Gasteiger partial charge >= 0.3 is 0 Å². The Morgan fingerprint density at radius 1 is 1.17 bits per heavy atom. The van der Waals surface area contributed by atoms with Crippen LogP contribution in [0.2, 0.25) is 0 Å². The Bertz CT molecular complexity index is 493. The highest BCUT2D eigenvalue weighted by Crippen LogP contribution is 2.20. The molecule has 0 radical (unpaired) electrons. The fraction of sp³-hybridized carbons (Fsp3) is 0.231. The predicted octanol–water partition coefficient (Wildman–Crippen LogP) is 2.67. The number of hydrogen-bond donors (Lipinski definition) is 2. The second-order valence-electron chi connectivity index (χ2n) is 4.16. The topological polar surface area (TPSA) is 63.8 Å². The average molecular weight is 307 g/mol. The summed E-state index contributed by atoms with van der Waals surface area (Å²) in [6.45, 7) is 2.60. The molecule has 0 spiro atoms. The zero-order valence-electron chi connectivity index (χ0n) is 10.1. The van der Waals surface area contributed by atoms with Crippen molar-refractivity contribution in [2.45, 2.75) is 13.0 Å². The monoisotopic (exact) mass is 306 g/mol. The molecule has 0 aliphatic rings. The van der Waals surface area contributed by atoms with Gasteiger partial charge in [0.25, 0.3) is 0 Å². The Balaban J connectivity index is 2.09. The summed E-state index contributed by atoms with van der Waals surface area (Å²) in [5, 5.41) is 3.08. The summed E-state index contributed by atoms with van der Waals surface area (Å²) >= 11 is 3.41. The first-order valence-corrected chi connectivity index (χ1v) is 6.52. The van der Waals surface area contributed by atoms with Gasteiger partial charge in [0.2, 0.25) is 5.95 Å². The lowest BCUT2D eigenvalue weighted by molar-refractivity contribution is 0.773. The molecule has 0 fully saturated rings. The number of rotatable bonds is 4. The molecule has 0 amide bonds. The van der Waals surface area contributed by atoms with Crippen molar-refractivity contribution in [3.63, 3.8) is 0 Å². The van der Waals surface area contributed by atoms with E-state index >= 15 is 0 Å². The first-order chi connectivity index (χ1) is 8.65. The standard InChI is InChI=1S/C13H15BrN4/c1-9(15)6-16-13-17-7-11(8-18-13)10-2-4-12(14)5-3-10/h2-5,7-9H,6,15H2,1H3,(H,16,17,18). The van der Waals surface area contributed by atoms with Crippen LogP contribution in [-0.2, 0) is 0 Å². The number of anilines is 1. The van der Waals surface area contributed by atoms with E-state index in [1.54, 1.807) is 12.4 Å². The molecule has 2 rings (SSSR count). The maximum atomic E-state index is 5.65. The van der Waals surface area contributed by atoms with Crippen molar-refractivity contribution in [1.29, 1.82) is 0 Å². The van der Waals surface area contributed by atoms with Gasteiger partial charge in [-0.1, -0.05) is 28.1 Å². The van der Waals surface area contributed by atoms with Crippen molar-refractivity contribution in [2.24, 2.45) is 5.73 Å². The van der Waals surface area contributed by atoms with Crippen LogP contribution in [0, 0.1) is 0 Å². The molecule has 0 saturated carbocycles. The molecule has 2 aromatic rings. The lowest BCUT2D eigenvalue weighted by atomic mass is 10.1. The Kier molecular flexibility index (Phi) is 4.28. The van der Waals surface area contributed by atoms with Crippen LogP contribution in [0.4, 0.5) is 5.95 Å². The summed E-state index contributed by atoms with van der Waals surface area (Å²) in [5.41, 5.74) is 7.74. The van der Waals surface area contributed by atoms with Gasteiger partial charge in [0.05, 0.1) is 0 Å². The second kappa shape index (κ2) is 5.93. The number of nitrogens with zero attached hydrogens (tertiary/aromatic N) is 2. The zero-order chi connectivity index (χ0) is 13.0. The van der Waals surface area contributed by atoms with Crippen LogP contribution in [0.1, 0.15) is 6.92 Å². The van der Waals surface area contributed by atoms with Gasteiger partial charge in [0, 0.05) is 35.0 Å². The number of nitrogens with two attached hydrogens (primary N) is 1. The van der Waals surface area contributed by atoms with Crippen molar-refractivity contribution in [3.05, 3.63) is 41.1 Å². The van der Waals surface area contributed by atoms with E-state index in [0.717, 1.165) is 15.6 Å². The third-order valence-electron chi connectivity index (χ3n) is 2.41. The number of halogens is 1. The summed E-state index contributed by atoms with van der Waals surface area (Å²) in [7, 11) is 0. The van der Waals surface area contributed by atoms with Crippen LogP contribution in [0.5, 0.6) is 0 Å². The number of hydrogen-bond acceptors (Lipinski definition) is 4. The number of benzene rings is 1. The minimum absolute atomic E-state index is 0.0831. The lowest BCUT2D eigenvalue weighted by Crippen LogP contribution is -2.25. The van der Waals surface area contributed by atoms with Gasteiger partial charge in [0.1, 0.15) is 0 Å². The molecule has 1 atom stereocenters. The molecule has 1 aromatic carbocycles. The highest BCUT2D eigenvalue weighted by atomic mass is 79.9. The quantitative estimate of drug-likeness (QED) is 0.911. The van der Waals surface area contributed by atoms with Crippen LogP contribution in [0.3, 0.4) is 0 Å². The van der Waals surface area contributed by atoms with E-state index in [-0.39, 0.29) is 6.04 Å². The minimum atomic E-state index is 0.0831. The predicted molar refractivity (Wildman–Crippen MR) is 77.3 cm³/mol. The summed E-state index contributed by atoms with van der Waals surface area (Å²) in [6.07, 6.45) is 3.61. The highest BCUT2D eigenvalue weighted by molar-refractivity contribution is 9.10. The van der Waals surface area contributed by atoms with Crippen LogP contribution in [0.25, 0.3) is 11.1 Å². The molecule has 0 aliphatic carbocycles. The molecule has 5 heteroatoms. The van der Waals surface area contributed by atoms with Crippen molar-refractivity contribution in [3.8, 4) is 11.1 Å². The third-order valence-corrected chi connectivity index (χ3v) is 2.94. The lowest BCUT2D eigenvalue weighted by Gasteiger charge is -2.07. The van der Waals surface area contributed by atoms with Crippen molar-refractivity contribution < 1.29 is 0 Å². The fourth-order valence-electron chi connectivity index (χ4n) is 1.46. The van der Waals surface area contributed by atoms with Gasteiger partial charge in [0.15, 0.2) is 0 Å². The maximum absolute atomic E-state index is 5.65. The summed E-state index contributed by atoms with van der Waals surface area (Å²) < 4.78 is 1.06. The average Bonchev–Trinajstić information content (AvgIpc) is 2.38. The van der Waals surface area contributed by atoms with Crippen LogP contribution < -0.4 is 11.1 Å². The second-order valence-corrected chi connectivity index (χ2v) is 5.08. The van der Waals surface area contributed by atoms with Crippen molar-refractivity contribution in [2.75, 3.05) is 11.9 Å². The summed E-state index contributed by atoms with van der Waals surface area (Å²) in [5.74, 6) is 0.605. The van der Waals surface area contributed by atoms with Crippen molar-refractivity contribution in [1.82, 2.24) is 9.97 Å². The molecule has 94 valence electrons. The third kappa shape index (κ3) is 3.51. The summed E-state index contributed by atoms with van der Waals surface area (Å²) in [4.78, 5) is 8.52. The zero-order valence-corrected chi connectivity index (χ0v) is 11.7. The summed E-state index contributed by atoms with van der Waals surface area (Å²) in [6, 6.07) is 8.13.